The number of esters is 2. The van der Waals surface area contributed by atoms with Crippen molar-refractivity contribution in [2.45, 2.75) is 58.0 Å². The summed E-state index contributed by atoms with van der Waals surface area (Å²) in [5, 5.41) is 3.01. The normalized spacial score (nSPS) is 26.5. The van der Waals surface area contributed by atoms with Gasteiger partial charge in [-0.25, -0.2) is 9.59 Å². The lowest BCUT2D eigenvalue weighted by Crippen LogP contribution is -2.52. The minimum absolute atomic E-state index is 0.0365. The van der Waals surface area contributed by atoms with Crippen LogP contribution in [0.15, 0.2) is 23.9 Å². The first kappa shape index (κ1) is 16.5. The third-order valence-corrected chi connectivity index (χ3v) is 3.27. The third kappa shape index (κ3) is 4.10. The van der Waals surface area contributed by atoms with E-state index in [9.17, 15) is 9.59 Å². The molecule has 0 saturated carbocycles. The molecule has 122 valence electrons. The van der Waals surface area contributed by atoms with Crippen molar-refractivity contribution in [3.8, 4) is 0 Å². The van der Waals surface area contributed by atoms with Crippen LogP contribution in [0.5, 0.6) is 0 Å². The standard InChI is InChI=1S/C16H23NO5/c1-10(2)21-14(18)12-5-6-16(17-8-12,7-13-9-20-13)15(19)22-11(3)4/h5-6,8,10-11,13,17H,7,9H2,1-4H3/t13-,16+/m0/s1. The van der Waals surface area contributed by atoms with Crippen LogP contribution in [-0.4, -0.2) is 42.4 Å². The van der Waals surface area contributed by atoms with Gasteiger partial charge in [-0.15, -0.1) is 0 Å². The summed E-state index contributed by atoms with van der Waals surface area (Å²) in [5.41, 5.74) is -0.620. The van der Waals surface area contributed by atoms with E-state index < -0.39 is 11.5 Å². The van der Waals surface area contributed by atoms with E-state index in [0.717, 1.165) is 0 Å². The zero-order chi connectivity index (χ0) is 16.3. The predicted molar refractivity (Wildman–Crippen MR) is 79.9 cm³/mol. The van der Waals surface area contributed by atoms with E-state index in [-0.39, 0.29) is 24.3 Å². The van der Waals surface area contributed by atoms with Gasteiger partial charge < -0.3 is 19.5 Å². The maximum Gasteiger partial charge on any atom is 0.339 e. The molecule has 6 nitrogen and oxygen atoms in total. The van der Waals surface area contributed by atoms with Gasteiger partial charge in [0.1, 0.15) is 0 Å². The Morgan fingerprint density at radius 2 is 1.95 bits per heavy atom. The monoisotopic (exact) mass is 309 g/mol. The summed E-state index contributed by atoms with van der Waals surface area (Å²) in [6.07, 6.45) is 4.87. The van der Waals surface area contributed by atoms with Gasteiger partial charge in [0.2, 0.25) is 0 Å². The Balaban J connectivity index is 2.10. The molecule has 0 bridgehead atoms. The van der Waals surface area contributed by atoms with Gasteiger partial charge in [0.25, 0.3) is 0 Å². The van der Waals surface area contributed by atoms with Crippen LogP contribution in [0.2, 0.25) is 0 Å². The summed E-state index contributed by atoms with van der Waals surface area (Å²) < 4.78 is 15.7. The summed E-state index contributed by atoms with van der Waals surface area (Å²) >= 11 is 0. The Morgan fingerprint density at radius 1 is 1.32 bits per heavy atom. The van der Waals surface area contributed by atoms with Crippen molar-refractivity contribution in [1.29, 1.82) is 0 Å². The number of rotatable bonds is 6. The zero-order valence-electron chi connectivity index (χ0n) is 13.4. The molecule has 2 aliphatic rings. The molecule has 2 aliphatic heterocycles. The average molecular weight is 309 g/mol. The van der Waals surface area contributed by atoms with Gasteiger partial charge in [-0.2, -0.15) is 0 Å². The lowest BCUT2D eigenvalue weighted by atomic mass is 9.90. The molecule has 0 aromatic carbocycles. The molecular formula is C16H23NO5. The van der Waals surface area contributed by atoms with Crippen molar-refractivity contribution in [3.05, 3.63) is 23.9 Å². The van der Waals surface area contributed by atoms with Crippen LogP contribution in [0.4, 0.5) is 0 Å². The Labute approximate surface area is 130 Å². The quantitative estimate of drug-likeness (QED) is 0.591. The minimum atomic E-state index is -0.993. The smallest absolute Gasteiger partial charge is 0.339 e. The van der Waals surface area contributed by atoms with E-state index in [4.69, 9.17) is 14.2 Å². The summed E-state index contributed by atoms with van der Waals surface area (Å²) in [5.74, 6) is -0.797. The van der Waals surface area contributed by atoms with E-state index in [1.807, 2.05) is 0 Å². The van der Waals surface area contributed by atoms with E-state index in [1.165, 1.54) is 6.20 Å². The van der Waals surface area contributed by atoms with E-state index in [0.29, 0.717) is 18.6 Å². The number of ether oxygens (including phenoxy) is 3. The molecule has 2 atom stereocenters. The Bertz CT molecular complexity index is 505. The van der Waals surface area contributed by atoms with Crippen LogP contribution in [0.3, 0.4) is 0 Å². The first-order valence-electron chi connectivity index (χ1n) is 7.53. The van der Waals surface area contributed by atoms with Crippen molar-refractivity contribution in [1.82, 2.24) is 5.32 Å². The Kier molecular flexibility index (Phi) is 4.90. The molecule has 0 radical (unpaired) electrons. The SMILES string of the molecule is CC(C)OC(=O)C1=CN[C@](C[C@H]2CO2)(C(=O)OC(C)C)C=C1. The van der Waals surface area contributed by atoms with Crippen molar-refractivity contribution >= 4 is 11.9 Å². The van der Waals surface area contributed by atoms with Crippen molar-refractivity contribution in [2.75, 3.05) is 6.61 Å². The van der Waals surface area contributed by atoms with Crippen molar-refractivity contribution < 1.29 is 23.8 Å². The molecule has 1 saturated heterocycles. The van der Waals surface area contributed by atoms with Gasteiger partial charge in [-0.1, -0.05) is 0 Å². The minimum Gasteiger partial charge on any atom is -0.461 e. The predicted octanol–water partition coefficient (Wildman–Crippen LogP) is 1.46. The number of carbonyl (C=O) groups is 2. The van der Waals surface area contributed by atoms with Gasteiger partial charge in [0.05, 0.1) is 30.5 Å². The topological polar surface area (TPSA) is 77.2 Å². The van der Waals surface area contributed by atoms with Crippen LogP contribution in [0.25, 0.3) is 0 Å². The fourth-order valence-corrected chi connectivity index (χ4v) is 2.15. The Hall–Kier alpha value is -1.82. The van der Waals surface area contributed by atoms with Gasteiger partial charge in [0, 0.05) is 12.6 Å². The summed E-state index contributed by atoms with van der Waals surface area (Å²) in [6, 6.07) is 0. The first-order valence-corrected chi connectivity index (χ1v) is 7.53. The van der Waals surface area contributed by atoms with Crippen molar-refractivity contribution in [2.24, 2.45) is 0 Å². The molecule has 0 unspecified atom stereocenters. The highest BCUT2D eigenvalue weighted by atomic mass is 16.6. The van der Waals surface area contributed by atoms with Crippen molar-refractivity contribution in [3.63, 3.8) is 0 Å². The van der Waals surface area contributed by atoms with Gasteiger partial charge in [0.15, 0.2) is 5.54 Å². The molecule has 22 heavy (non-hydrogen) atoms. The van der Waals surface area contributed by atoms with Crippen LogP contribution >= 0.6 is 0 Å². The second kappa shape index (κ2) is 6.52. The summed E-state index contributed by atoms with van der Waals surface area (Å²) in [7, 11) is 0. The van der Waals surface area contributed by atoms with E-state index in [2.05, 4.69) is 5.32 Å². The summed E-state index contributed by atoms with van der Waals surface area (Å²) in [6.45, 7) is 7.80. The number of hydrogen-bond donors (Lipinski definition) is 1. The fourth-order valence-electron chi connectivity index (χ4n) is 2.15. The molecular weight excluding hydrogens is 286 g/mol. The number of hydrogen-bond acceptors (Lipinski definition) is 6. The molecule has 1 N–H and O–H groups in total. The van der Waals surface area contributed by atoms with Gasteiger partial charge in [-0.3, -0.25) is 0 Å². The maximum absolute atomic E-state index is 12.4. The third-order valence-electron chi connectivity index (χ3n) is 3.27. The maximum atomic E-state index is 12.4. The molecule has 0 spiro atoms. The fraction of sp³-hybridized carbons (Fsp3) is 0.625. The largest absolute Gasteiger partial charge is 0.461 e. The van der Waals surface area contributed by atoms with Gasteiger partial charge in [-0.05, 0) is 39.8 Å². The van der Waals surface area contributed by atoms with Gasteiger partial charge >= 0.3 is 11.9 Å². The molecule has 0 aromatic rings. The number of dihydropyridines is 1. The molecule has 2 heterocycles. The van der Waals surface area contributed by atoms with Crippen LogP contribution in [-0.2, 0) is 23.8 Å². The average Bonchev–Trinajstić information content (AvgIpc) is 3.21. The van der Waals surface area contributed by atoms with Crippen LogP contribution < -0.4 is 5.32 Å². The molecule has 0 aromatic heterocycles. The van der Waals surface area contributed by atoms with Crippen LogP contribution in [0.1, 0.15) is 34.1 Å². The van der Waals surface area contributed by atoms with E-state index in [1.54, 1.807) is 39.8 Å². The number of epoxide rings is 1. The zero-order valence-corrected chi connectivity index (χ0v) is 13.4. The lowest BCUT2D eigenvalue weighted by Gasteiger charge is -2.31. The Morgan fingerprint density at radius 3 is 2.41 bits per heavy atom. The number of nitrogens with one attached hydrogen (secondary N) is 1. The lowest BCUT2D eigenvalue weighted by molar-refractivity contribution is -0.153. The molecule has 6 heteroatoms. The number of carbonyl (C=O) groups excluding carboxylic acids is 2. The second-order valence-corrected chi connectivity index (χ2v) is 6.12. The first-order chi connectivity index (χ1) is 10.3. The molecule has 2 rings (SSSR count). The highest BCUT2D eigenvalue weighted by molar-refractivity contribution is 5.93. The van der Waals surface area contributed by atoms with Crippen LogP contribution in [0, 0.1) is 0 Å². The molecule has 0 amide bonds. The highest BCUT2D eigenvalue weighted by Crippen LogP contribution is 2.28. The van der Waals surface area contributed by atoms with E-state index >= 15 is 0 Å². The molecule has 1 fully saturated rings. The highest BCUT2D eigenvalue weighted by Gasteiger charge is 2.44. The second-order valence-electron chi connectivity index (χ2n) is 6.12. The summed E-state index contributed by atoms with van der Waals surface area (Å²) in [4.78, 5) is 24.3. The molecule has 0 aliphatic carbocycles.